The van der Waals surface area contributed by atoms with Gasteiger partial charge in [0.15, 0.2) is 6.10 Å². The summed E-state index contributed by atoms with van der Waals surface area (Å²) in [5.74, 6) is -1.58. The summed E-state index contributed by atoms with van der Waals surface area (Å²) >= 11 is 0. The molecule has 0 spiro atoms. The summed E-state index contributed by atoms with van der Waals surface area (Å²) in [6.07, 6.45) is 44.0. The topological polar surface area (TPSA) is 231 Å². The van der Waals surface area contributed by atoms with Crippen LogP contribution in [0.4, 0.5) is 0 Å². The SMILES string of the molecule is CCCC/C=C\CCCCCCCC(=O)OC(COC(=O)CCCCCCCCCCCCCCC)COP(=O)(O)OCC(O)COP(=O)(O)OCC(O)COC(=O)CCCCCCC/C=C\CCCCCCCC. The van der Waals surface area contributed by atoms with Crippen LogP contribution < -0.4 is 0 Å². The molecule has 0 aliphatic heterocycles. The molecule has 0 radical (unpaired) electrons. The maximum Gasteiger partial charge on any atom is 0.472 e. The van der Waals surface area contributed by atoms with Crippen molar-refractivity contribution in [1.29, 1.82) is 0 Å². The van der Waals surface area contributed by atoms with E-state index in [4.69, 9.17) is 32.3 Å². The lowest BCUT2D eigenvalue weighted by Gasteiger charge is -2.21. The van der Waals surface area contributed by atoms with E-state index in [0.29, 0.717) is 19.3 Å². The lowest BCUT2D eigenvalue weighted by Crippen LogP contribution is -2.30. The Labute approximate surface area is 454 Å². The first-order valence-electron chi connectivity index (χ1n) is 29.6. The van der Waals surface area contributed by atoms with E-state index >= 15 is 0 Å². The fraction of sp³-hybridized carbons (Fsp3) is 0.877. The first-order chi connectivity index (χ1) is 36.2. The maximum atomic E-state index is 12.8. The molecule has 0 saturated carbocycles. The molecule has 0 rings (SSSR count). The minimum absolute atomic E-state index is 0.100. The fourth-order valence-electron chi connectivity index (χ4n) is 8.02. The van der Waals surface area contributed by atoms with Crippen molar-refractivity contribution in [2.75, 3.05) is 39.6 Å². The Kier molecular flexibility index (Phi) is 51.3. The zero-order valence-corrected chi connectivity index (χ0v) is 49.0. The van der Waals surface area contributed by atoms with Gasteiger partial charge >= 0.3 is 33.6 Å². The zero-order chi connectivity index (χ0) is 55.4. The third-order valence-corrected chi connectivity index (χ3v) is 14.6. The van der Waals surface area contributed by atoms with Crippen LogP contribution in [0.2, 0.25) is 0 Å². The van der Waals surface area contributed by atoms with Crippen LogP contribution in [0.5, 0.6) is 0 Å². The fourth-order valence-corrected chi connectivity index (χ4v) is 9.60. The Morgan fingerprint density at radius 1 is 0.360 bits per heavy atom. The number of allylic oxidation sites excluding steroid dienone is 4. The van der Waals surface area contributed by atoms with Crippen LogP contribution in [0, 0.1) is 0 Å². The Bertz CT molecular complexity index is 1500. The Morgan fingerprint density at radius 2 is 0.640 bits per heavy atom. The molecule has 0 heterocycles. The van der Waals surface area contributed by atoms with Gasteiger partial charge in [0, 0.05) is 19.3 Å². The second-order valence-corrected chi connectivity index (χ2v) is 23.1. The normalized spacial score (nSPS) is 14.7. The molecule has 0 aromatic rings. The highest BCUT2D eigenvalue weighted by atomic mass is 31.2. The van der Waals surface area contributed by atoms with Gasteiger partial charge in [0.05, 0.1) is 26.4 Å². The largest absolute Gasteiger partial charge is 0.472 e. The smallest absolute Gasteiger partial charge is 0.463 e. The Morgan fingerprint density at radius 3 is 1.01 bits per heavy atom. The van der Waals surface area contributed by atoms with Crippen molar-refractivity contribution in [3.63, 3.8) is 0 Å². The van der Waals surface area contributed by atoms with Crippen molar-refractivity contribution in [2.45, 2.75) is 283 Å². The molecule has 0 aliphatic rings. The molecule has 0 aromatic carbocycles. The molecule has 75 heavy (non-hydrogen) atoms. The van der Waals surface area contributed by atoms with Crippen molar-refractivity contribution in [3.05, 3.63) is 24.3 Å². The molecule has 0 amide bonds. The molecule has 18 heteroatoms. The van der Waals surface area contributed by atoms with E-state index in [9.17, 15) is 43.5 Å². The Hall–Kier alpha value is -1.97. The van der Waals surface area contributed by atoms with Crippen molar-refractivity contribution in [2.24, 2.45) is 0 Å². The van der Waals surface area contributed by atoms with Crippen LogP contribution in [0.15, 0.2) is 24.3 Å². The predicted molar refractivity (Wildman–Crippen MR) is 298 cm³/mol. The first kappa shape index (κ1) is 73.0. The molecule has 0 bridgehead atoms. The van der Waals surface area contributed by atoms with Crippen molar-refractivity contribution in [3.8, 4) is 0 Å². The van der Waals surface area contributed by atoms with Crippen LogP contribution in [0.25, 0.3) is 0 Å². The van der Waals surface area contributed by atoms with Crippen molar-refractivity contribution < 1.29 is 75.8 Å². The van der Waals surface area contributed by atoms with Crippen LogP contribution in [-0.4, -0.2) is 95.9 Å². The van der Waals surface area contributed by atoms with E-state index in [1.165, 1.54) is 109 Å². The van der Waals surface area contributed by atoms with Gasteiger partial charge in [-0.2, -0.15) is 0 Å². The summed E-state index contributed by atoms with van der Waals surface area (Å²) in [4.78, 5) is 57.9. The van der Waals surface area contributed by atoms with Crippen LogP contribution in [-0.2, 0) is 55.8 Å². The molecule has 0 aliphatic carbocycles. The average molecular weight is 1110 g/mol. The lowest BCUT2D eigenvalue weighted by atomic mass is 10.0. The summed E-state index contributed by atoms with van der Waals surface area (Å²) in [5, 5.41) is 20.4. The summed E-state index contributed by atoms with van der Waals surface area (Å²) in [7, 11) is -9.74. The van der Waals surface area contributed by atoms with Gasteiger partial charge in [0.25, 0.3) is 0 Å². The van der Waals surface area contributed by atoms with E-state index in [0.717, 1.165) is 96.3 Å². The summed E-state index contributed by atoms with van der Waals surface area (Å²) < 4.78 is 60.5. The summed E-state index contributed by atoms with van der Waals surface area (Å²) in [5.41, 5.74) is 0. The number of aliphatic hydroxyl groups is 2. The molecule has 0 aromatic heterocycles. The highest BCUT2D eigenvalue weighted by Crippen LogP contribution is 2.45. The third kappa shape index (κ3) is 53.8. The molecule has 0 saturated heterocycles. The zero-order valence-electron chi connectivity index (χ0n) is 47.2. The molecular weight excluding hydrogens is 1000 g/mol. The number of ether oxygens (including phenoxy) is 3. The number of esters is 3. The minimum Gasteiger partial charge on any atom is -0.463 e. The van der Waals surface area contributed by atoms with Crippen LogP contribution in [0.3, 0.4) is 0 Å². The number of carbonyl (C=O) groups is 3. The number of hydrogen-bond donors (Lipinski definition) is 4. The molecule has 5 atom stereocenters. The molecule has 442 valence electrons. The molecule has 16 nitrogen and oxygen atoms in total. The Balaban J connectivity index is 4.63. The predicted octanol–water partition coefficient (Wildman–Crippen LogP) is 15.0. The van der Waals surface area contributed by atoms with Gasteiger partial charge in [-0.3, -0.25) is 32.5 Å². The van der Waals surface area contributed by atoms with Crippen molar-refractivity contribution >= 4 is 33.6 Å². The first-order valence-corrected chi connectivity index (χ1v) is 32.6. The highest BCUT2D eigenvalue weighted by molar-refractivity contribution is 7.47. The number of carbonyl (C=O) groups excluding carboxylic acids is 3. The summed E-state index contributed by atoms with van der Waals surface area (Å²) in [6, 6.07) is 0. The maximum absolute atomic E-state index is 12.8. The van der Waals surface area contributed by atoms with Gasteiger partial charge in [0.1, 0.15) is 25.4 Å². The summed E-state index contributed by atoms with van der Waals surface area (Å²) in [6.45, 7) is 2.61. The van der Waals surface area contributed by atoms with E-state index in [1.807, 2.05) is 0 Å². The number of phosphoric acid groups is 2. The number of phosphoric ester groups is 2. The molecule has 5 unspecified atom stereocenters. The number of unbranched alkanes of at least 4 members (excludes halogenated alkanes) is 30. The average Bonchev–Trinajstić information content (AvgIpc) is 3.38. The van der Waals surface area contributed by atoms with E-state index < -0.39 is 91.5 Å². The van der Waals surface area contributed by atoms with Crippen LogP contribution in [0.1, 0.15) is 265 Å². The van der Waals surface area contributed by atoms with E-state index in [-0.39, 0.29) is 19.3 Å². The van der Waals surface area contributed by atoms with E-state index in [1.54, 1.807) is 0 Å². The van der Waals surface area contributed by atoms with Gasteiger partial charge in [-0.25, -0.2) is 9.13 Å². The van der Waals surface area contributed by atoms with Gasteiger partial charge in [-0.1, -0.05) is 206 Å². The minimum atomic E-state index is -4.90. The monoisotopic (exact) mass is 1110 g/mol. The van der Waals surface area contributed by atoms with Gasteiger partial charge in [0.2, 0.25) is 0 Å². The molecular formula is C57H108O16P2. The molecule has 0 fully saturated rings. The third-order valence-electron chi connectivity index (χ3n) is 12.6. The number of aliphatic hydroxyl groups excluding tert-OH is 2. The second kappa shape index (κ2) is 52.7. The second-order valence-electron chi connectivity index (χ2n) is 20.2. The molecule has 4 N–H and O–H groups in total. The van der Waals surface area contributed by atoms with Gasteiger partial charge < -0.3 is 34.2 Å². The highest BCUT2D eigenvalue weighted by Gasteiger charge is 2.29. The number of hydrogen-bond acceptors (Lipinski definition) is 14. The van der Waals surface area contributed by atoms with Gasteiger partial charge in [-0.05, 0) is 64.2 Å². The van der Waals surface area contributed by atoms with Crippen LogP contribution >= 0.6 is 15.6 Å². The standard InChI is InChI=1S/C57H108O16P2/c1-4-7-10-13-16-19-22-24-25-27-30-31-34-37-40-43-55(60)67-46-52(58)47-69-74(63,64)70-48-53(59)49-71-75(65,66)72-51-54(73-57(62)45-42-39-36-33-28-21-18-15-12-9-6-3)50-68-56(61)44-41-38-35-32-29-26-23-20-17-14-11-8-5-2/h15,18,24-25,52-54,58-59H,4-14,16-17,19-23,26-51H2,1-3H3,(H,63,64)(H,65,66)/b18-15-,25-24-. The number of rotatable bonds is 57. The van der Waals surface area contributed by atoms with Gasteiger partial charge in [-0.15, -0.1) is 0 Å². The quantitative estimate of drug-likeness (QED) is 0.0146. The lowest BCUT2D eigenvalue weighted by molar-refractivity contribution is -0.161. The van der Waals surface area contributed by atoms with E-state index in [2.05, 4.69) is 45.1 Å². The van der Waals surface area contributed by atoms with Crippen molar-refractivity contribution in [1.82, 2.24) is 0 Å².